The lowest BCUT2D eigenvalue weighted by Crippen LogP contribution is -1.68. The minimum absolute atomic E-state index is 0.825. The van der Waals surface area contributed by atoms with Gasteiger partial charge in [0, 0.05) is 11.5 Å². The highest BCUT2D eigenvalue weighted by atomic mass is 14.2. The minimum atomic E-state index is 0.825. The molecular weight excluding hydrogens is 134 g/mol. The van der Waals surface area contributed by atoms with Crippen LogP contribution in [0.5, 0.6) is 0 Å². The highest BCUT2D eigenvalue weighted by Crippen LogP contribution is 1.93. The molecule has 0 aromatic carbocycles. The van der Waals surface area contributed by atoms with E-state index in [9.17, 15) is 0 Å². The van der Waals surface area contributed by atoms with Crippen molar-refractivity contribution in [3.8, 4) is 17.9 Å². The Balaban J connectivity index is 4.35. The second-order valence-electron chi connectivity index (χ2n) is 1.70. The third kappa shape index (κ3) is 4.75. The van der Waals surface area contributed by atoms with Gasteiger partial charge < -0.3 is 0 Å². The van der Waals surface area contributed by atoms with Crippen molar-refractivity contribution in [3.63, 3.8) is 0 Å². The molecular formula is C10H9N. The van der Waals surface area contributed by atoms with Gasteiger partial charge in [0.05, 0.1) is 0 Å². The average molecular weight is 143 g/mol. The number of hydrogen-bond donors (Lipinski definition) is 0. The predicted octanol–water partition coefficient (Wildman–Crippen LogP) is 2.20. The van der Waals surface area contributed by atoms with Crippen LogP contribution in [-0.2, 0) is 0 Å². The fraction of sp³-hybridized carbons (Fsp3) is 0.100. The summed E-state index contributed by atoms with van der Waals surface area (Å²) in [5, 5.41) is 8.14. The third-order valence-corrected chi connectivity index (χ3v) is 0.986. The van der Waals surface area contributed by atoms with E-state index in [0.717, 1.165) is 5.57 Å². The molecule has 0 radical (unpaired) electrons. The van der Waals surface area contributed by atoms with Gasteiger partial charge in [-0.2, -0.15) is 5.26 Å². The molecule has 0 atom stereocenters. The van der Waals surface area contributed by atoms with Crippen molar-refractivity contribution in [1.29, 1.82) is 5.26 Å². The maximum atomic E-state index is 8.14. The molecule has 0 aromatic heterocycles. The molecule has 0 aliphatic heterocycles. The molecule has 0 heterocycles. The summed E-state index contributed by atoms with van der Waals surface area (Å²) in [6, 6.07) is 1.75. The monoisotopic (exact) mass is 143 g/mol. The van der Waals surface area contributed by atoms with Gasteiger partial charge in [0.1, 0.15) is 0 Å². The zero-order chi connectivity index (χ0) is 8.53. The Morgan fingerprint density at radius 2 is 2.27 bits per heavy atom. The van der Waals surface area contributed by atoms with Gasteiger partial charge in [-0.05, 0) is 13.0 Å². The van der Waals surface area contributed by atoms with Crippen molar-refractivity contribution in [2.24, 2.45) is 0 Å². The molecule has 0 aliphatic carbocycles. The molecule has 0 saturated carbocycles. The van der Waals surface area contributed by atoms with Gasteiger partial charge in [-0.3, -0.25) is 0 Å². The molecule has 0 unspecified atom stereocenters. The second-order valence-corrected chi connectivity index (χ2v) is 1.70. The molecule has 0 amide bonds. The number of nitrogens with zero attached hydrogens (tertiary/aromatic N) is 1. The first-order chi connectivity index (χ1) is 5.35. The molecule has 0 aromatic rings. The lowest BCUT2D eigenvalue weighted by Gasteiger charge is -1.82. The van der Waals surface area contributed by atoms with Crippen molar-refractivity contribution < 1.29 is 0 Å². The van der Waals surface area contributed by atoms with Crippen LogP contribution in [0, 0.1) is 23.2 Å². The Kier molecular flexibility index (Phi) is 5.39. The van der Waals surface area contributed by atoms with Crippen LogP contribution in [0.25, 0.3) is 0 Å². The molecule has 0 N–H and O–H groups in total. The summed E-state index contributed by atoms with van der Waals surface area (Å²) < 4.78 is 0. The van der Waals surface area contributed by atoms with Gasteiger partial charge in [-0.25, -0.2) is 0 Å². The van der Waals surface area contributed by atoms with E-state index in [1.54, 1.807) is 24.3 Å². The van der Waals surface area contributed by atoms with E-state index in [0.29, 0.717) is 0 Å². The van der Waals surface area contributed by atoms with E-state index in [2.05, 4.69) is 18.4 Å². The first kappa shape index (κ1) is 9.27. The molecule has 1 heteroatoms. The fourth-order valence-corrected chi connectivity index (χ4v) is 0.482. The Morgan fingerprint density at radius 1 is 1.55 bits per heavy atom. The molecule has 0 spiro atoms. The van der Waals surface area contributed by atoms with Gasteiger partial charge in [-0.15, -0.1) is 0 Å². The topological polar surface area (TPSA) is 23.8 Å². The Hall–Kier alpha value is -1.73. The largest absolute Gasteiger partial charge is 0.183 e. The molecule has 0 bridgehead atoms. The SMILES string of the molecule is C=CC=CC(C#CC#N)=CC. The molecule has 0 saturated heterocycles. The summed E-state index contributed by atoms with van der Waals surface area (Å²) in [6.07, 6.45) is 7.08. The smallest absolute Gasteiger partial charge is 0.152 e. The first-order valence-corrected chi connectivity index (χ1v) is 3.20. The van der Waals surface area contributed by atoms with Gasteiger partial charge in [0.15, 0.2) is 6.07 Å². The van der Waals surface area contributed by atoms with Gasteiger partial charge in [-0.1, -0.05) is 30.7 Å². The second kappa shape index (κ2) is 6.39. The van der Waals surface area contributed by atoms with Crippen LogP contribution in [0.15, 0.2) is 36.5 Å². The summed E-state index contributed by atoms with van der Waals surface area (Å²) in [5.41, 5.74) is 0.825. The molecule has 11 heavy (non-hydrogen) atoms. The van der Waals surface area contributed by atoms with E-state index in [1.807, 2.05) is 13.0 Å². The lowest BCUT2D eigenvalue weighted by atomic mass is 10.2. The number of hydrogen-bond acceptors (Lipinski definition) is 1. The number of allylic oxidation sites excluding steroid dienone is 5. The zero-order valence-corrected chi connectivity index (χ0v) is 6.46. The van der Waals surface area contributed by atoms with Gasteiger partial charge in [0.25, 0.3) is 0 Å². The third-order valence-electron chi connectivity index (χ3n) is 0.986. The van der Waals surface area contributed by atoms with Gasteiger partial charge in [0.2, 0.25) is 0 Å². The van der Waals surface area contributed by atoms with Crippen LogP contribution in [0.2, 0.25) is 0 Å². The maximum absolute atomic E-state index is 8.14. The summed E-state index contributed by atoms with van der Waals surface area (Å²) >= 11 is 0. The maximum Gasteiger partial charge on any atom is 0.152 e. The molecule has 54 valence electrons. The normalized spacial score (nSPS) is 10.0. The Bertz CT molecular complexity index is 276. The van der Waals surface area contributed by atoms with Crippen molar-refractivity contribution in [2.75, 3.05) is 0 Å². The standard InChI is InChI=1S/C10H9N/c1-3-5-7-10(4-2)8-6-9-11/h3-5,7H,1H2,2H3. The van der Waals surface area contributed by atoms with Gasteiger partial charge >= 0.3 is 0 Å². The van der Waals surface area contributed by atoms with Crippen LogP contribution in [-0.4, -0.2) is 0 Å². The highest BCUT2D eigenvalue weighted by molar-refractivity contribution is 5.41. The summed E-state index contributed by atoms with van der Waals surface area (Å²) in [7, 11) is 0. The van der Waals surface area contributed by atoms with E-state index >= 15 is 0 Å². The molecule has 1 nitrogen and oxygen atoms in total. The summed E-state index contributed by atoms with van der Waals surface area (Å²) in [5.74, 6) is 4.98. The quantitative estimate of drug-likeness (QED) is 0.429. The average Bonchev–Trinajstić information content (AvgIpc) is 2.05. The predicted molar refractivity (Wildman–Crippen MR) is 46.5 cm³/mol. The summed E-state index contributed by atoms with van der Waals surface area (Å²) in [6.45, 7) is 5.39. The fourth-order valence-electron chi connectivity index (χ4n) is 0.482. The van der Waals surface area contributed by atoms with E-state index in [-0.39, 0.29) is 0 Å². The van der Waals surface area contributed by atoms with Crippen LogP contribution >= 0.6 is 0 Å². The van der Waals surface area contributed by atoms with E-state index < -0.39 is 0 Å². The Morgan fingerprint density at radius 3 is 2.73 bits per heavy atom. The van der Waals surface area contributed by atoms with Crippen LogP contribution < -0.4 is 0 Å². The van der Waals surface area contributed by atoms with Crippen LogP contribution in [0.3, 0.4) is 0 Å². The number of rotatable bonds is 2. The van der Waals surface area contributed by atoms with Crippen molar-refractivity contribution in [2.45, 2.75) is 6.92 Å². The molecule has 0 aliphatic rings. The van der Waals surface area contributed by atoms with E-state index in [1.165, 1.54) is 0 Å². The van der Waals surface area contributed by atoms with Crippen molar-refractivity contribution in [1.82, 2.24) is 0 Å². The number of nitriles is 1. The van der Waals surface area contributed by atoms with Crippen LogP contribution in [0.1, 0.15) is 6.92 Å². The van der Waals surface area contributed by atoms with Crippen LogP contribution in [0.4, 0.5) is 0 Å². The molecule has 0 fully saturated rings. The first-order valence-electron chi connectivity index (χ1n) is 3.20. The lowest BCUT2D eigenvalue weighted by molar-refractivity contribution is 1.55. The molecule has 0 rings (SSSR count). The minimum Gasteiger partial charge on any atom is -0.183 e. The van der Waals surface area contributed by atoms with Crippen molar-refractivity contribution in [3.05, 3.63) is 36.5 Å². The summed E-state index contributed by atoms with van der Waals surface area (Å²) in [4.78, 5) is 0. The van der Waals surface area contributed by atoms with Crippen molar-refractivity contribution >= 4 is 0 Å². The highest BCUT2D eigenvalue weighted by Gasteiger charge is 1.78. The Labute approximate surface area is 67.3 Å². The van der Waals surface area contributed by atoms with E-state index in [4.69, 9.17) is 5.26 Å². The zero-order valence-electron chi connectivity index (χ0n) is 6.46.